The van der Waals surface area contributed by atoms with Gasteiger partial charge in [0.05, 0.1) is 11.4 Å². The van der Waals surface area contributed by atoms with E-state index in [4.69, 9.17) is 8.83 Å². The first-order valence-electron chi connectivity index (χ1n) is 14.3. The molecule has 0 bridgehead atoms. The van der Waals surface area contributed by atoms with Crippen molar-refractivity contribution in [3.05, 3.63) is 145 Å². The van der Waals surface area contributed by atoms with Crippen molar-refractivity contribution in [2.75, 3.05) is 9.80 Å². The van der Waals surface area contributed by atoms with Crippen LogP contribution in [0, 0.1) is 0 Å². The smallest absolute Gasteiger partial charge is 0.136 e. The van der Waals surface area contributed by atoms with Crippen LogP contribution < -0.4 is 9.80 Å². The van der Waals surface area contributed by atoms with Crippen molar-refractivity contribution in [1.29, 1.82) is 0 Å². The van der Waals surface area contributed by atoms with E-state index >= 15 is 0 Å². The molecule has 0 radical (unpaired) electrons. The standard InChI is InChI=1S/C38H32N2O2/c1-38(2,3)27-22-30(39(28-14-6-4-7-15-28)34-25-41-36-20-12-10-18-32(34)36)24-31(23-27)40(29-16-8-5-9-17-29)35-26-42-37-21-13-11-19-33(35)37/h4-26H,1-3H3. The van der Waals surface area contributed by atoms with E-state index in [1.54, 1.807) is 0 Å². The van der Waals surface area contributed by atoms with Crippen molar-refractivity contribution >= 4 is 56.1 Å². The highest BCUT2D eigenvalue weighted by molar-refractivity contribution is 5.99. The summed E-state index contributed by atoms with van der Waals surface area (Å²) in [5, 5.41) is 2.12. The molecule has 7 rings (SSSR count). The van der Waals surface area contributed by atoms with Crippen molar-refractivity contribution in [3.63, 3.8) is 0 Å². The van der Waals surface area contributed by atoms with Gasteiger partial charge in [0.25, 0.3) is 0 Å². The SMILES string of the molecule is CC(C)(C)c1cc(N(c2ccccc2)c2coc3ccccc23)cc(N(c2ccccc2)c2coc3ccccc23)c1. The minimum Gasteiger partial charge on any atom is -0.462 e. The van der Waals surface area contributed by atoms with Crippen LogP contribution in [0.2, 0.25) is 0 Å². The molecular weight excluding hydrogens is 516 g/mol. The highest BCUT2D eigenvalue weighted by Crippen LogP contribution is 2.46. The molecule has 0 aliphatic carbocycles. The predicted molar refractivity (Wildman–Crippen MR) is 174 cm³/mol. The van der Waals surface area contributed by atoms with Gasteiger partial charge in [0, 0.05) is 33.5 Å². The molecule has 2 aromatic heterocycles. The molecular formula is C38H32N2O2. The van der Waals surface area contributed by atoms with Gasteiger partial charge in [-0.3, -0.25) is 0 Å². The molecule has 2 heterocycles. The van der Waals surface area contributed by atoms with E-state index in [9.17, 15) is 0 Å². The Morgan fingerprint density at radius 1 is 0.452 bits per heavy atom. The van der Waals surface area contributed by atoms with Crippen LogP contribution in [0.5, 0.6) is 0 Å². The summed E-state index contributed by atoms with van der Waals surface area (Å²) in [6.07, 6.45) is 3.72. The summed E-state index contributed by atoms with van der Waals surface area (Å²) < 4.78 is 12.1. The van der Waals surface area contributed by atoms with Gasteiger partial charge in [-0.05, 0) is 77.7 Å². The Balaban J connectivity index is 1.51. The maximum Gasteiger partial charge on any atom is 0.136 e. The number of rotatable bonds is 6. The van der Waals surface area contributed by atoms with Crippen LogP contribution in [-0.4, -0.2) is 0 Å². The van der Waals surface area contributed by atoms with Crippen molar-refractivity contribution in [2.45, 2.75) is 26.2 Å². The van der Waals surface area contributed by atoms with E-state index < -0.39 is 0 Å². The molecule has 4 heteroatoms. The number of hydrogen-bond acceptors (Lipinski definition) is 4. The molecule has 5 aromatic carbocycles. The number of hydrogen-bond donors (Lipinski definition) is 0. The van der Waals surface area contributed by atoms with Gasteiger partial charge in [-0.2, -0.15) is 0 Å². The van der Waals surface area contributed by atoms with Crippen molar-refractivity contribution in [2.24, 2.45) is 0 Å². The van der Waals surface area contributed by atoms with Gasteiger partial charge in [0.2, 0.25) is 0 Å². The zero-order valence-electron chi connectivity index (χ0n) is 24.0. The zero-order chi connectivity index (χ0) is 28.7. The molecule has 206 valence electrons. The Hall–Kier alpha value is -5.22. The summed E-state index contributed by atoms with van der Waals surface area (Å²) in [5.74, 6) is 0. The third-order valence-corrected chi connectivity index (χ3v) is 7.72. The molecule has 0 N–H and O–H groups in total. The summed E-state index contributed by atoms with van der Waals surface area (Å²) in [7, 11) is 0. The fraction of sp³-hybridized carbons (Fsp3) is 0.105. The molecule has 42 heavy (non-hydrogen) atoms. The topological polar surface area (TPSA) is 32.8 Å². The van der Waals surface area contributed by atoms with Gasteiger partial charge in [-0.1, -0.05) is 81.4 Å². The average Bonchev–Trinajstić information content (AvgIpc) is 3.63. The third-order valence-electron chi connectivity index (χ3n) is 7.72. The van der Waals surface area contributed by atoms with Gasteiger partial charge in [-0.15, -0.1) is 0 Å². The van der Waals surface area contributed by atoms with Crippen LogP contribution in [0.3, 0.4) is 0 Å². The summed E-state index contributed by atoms with van der Waals surface area (Å²) in [4.78, 5) is 4.59. The lowest BCUT2D eigenvalue weighted by atomic mass is 9.86. The number of furan rings is 2. The van der Waals surface area contributed by atoms with Crippen LogP contribution >= 0.6 is 0 Å². The lowest BCUT2D eigenvalue weighted by molar-refractivity contribution is 0.590. The molecule has 0 saturated heterocycles. The molecule has 0 atom stereocenters. The minimum absolute atomic E-state index is 0.105. The van der Waals surface area contributed by atoms with E-state index in [0.717, 1.165) is 56.1 Å². The van der Waals surface area contributed by atoms with Gasteiger partial charge in [0.1, 0.15) is 23.7 Å². The Labute approximate surface area is 246 Å². The second-order valence-electron chi connectivity index (χ2n) is 11.6. The van der Waals surface area contributed by atoms with Crippen LogP contribution in [0.1, 0.15) is 26.3 Å². The number of benzene rings is 5. The van der Waals surface area contributed by atoms with Crippen molar-refractivity contribution in [1.82, 2.24) is 0 Å². The number of fused-ring (bicyclic) bond motifs is 2. The van der Waals surface area contributed by atoms with Crippen molar-refractivity contribution in [3.8, 4) is 0 Å². The summed E-state index contributed by atoms with van der Waals surface area (Å²) in [5.41, 5.74) is 9.02. The largest absolute Gasteiger partial charge is 0.462 e. The second kappa shape index (κ2) is 10.3. The molecule has 7 aromatic rings. The van der Waals surface area contributed by atoms with E-state index in [0.29, 0.717) is 0 Å². The predicted octanol–water partition coefficient (Wildman–Crippen LogP) is 11.4. The Bertz CT molecular complexity index is 1850. The Morgan fingerprint density at radius 3 is 1.29 bits per heavy atom. The first-order valence-corrected chi connectivity index (χ1v) is 14.3. The van der Waals surface area contributed by atoms with Crippen LogP contribution in [0.15, 0.2) is 149 Å². The molecule has 0 spiro atoms. The Morgan fingerprint density at radius 2 is 0.857 bits per heavy atom. The van der Waals surface area contributed by atoms with Gasteiger partial charge in [-0.25, -0.2) is 0 Å². The fourth-order valence-corrected chi connectivity index (χ4v) is 5.57. The molecule has 0 aliphatic rings. The monoisotopic (exact) mass is 548 g/mol. The quantitative estimate of drug-likeness (QED) is 0.207. The lowest BCUT2D eigenvalue weighted by Gasteiger charge is -2.31. The zero-order valence-corrected chi connectivity index (χ0v) is 24.0. The number of nitrogens with zero attached hydrogens (tertiary/aromatic N) is 2. The molecule has 0 aliphatic heterocycles. The Kier molecular flexibility index (Phi) is 6.32. The van der Waals surface area contributed by atoms with E-state index in [1.165, 1.54) is 5.56 Å². The maximum atomic E-state index is 6.06. The summed E-state index contributed by atoms with van der Waals surface area (Å²) in [6.45, 7) is 6.78. The average molecular weight is 549 g/mol. The highest BCUT2D eigenvalue weighted by Gasteiger charge is 2.25. The van der Waals surface area contributed by atoms with E-state index in [2.05, 4.69) is 122 Å². The molecule has 0 unspecified atom stereocenters. The second-order valence-corrected chi connectivity index (χ2v) is 11.6. The minimum atomic E-state index is -0.105. The van der Waals surface area contributed by atoms with Gasteiger partial charge < -0.3 is 18.6 Å². The van der Waals surface area contributed by atoms with E-state index in [-0.39, 0.29) is 5.41 Å². The van der Waals surface area contributed by atoms with Gasteiger partial charge >= 0.3 is 0 Å². The summed E-state index contributed by atoms with van der Waals surface area (Å²) in [6, 6.07) is 44.2. The first-order chi connectivity index (χ1) is 20.5. The lowest BCUT2D eigenvalue weighted by Crippen LogP contribution is -2.17. The third kappa shape index (κ3) is 4.61. The van der Waals surface area contributed by atoms with Crippen LogP contribution in [0.4, 0.5) is 34.1 Å². The van der Waals surface area contributed by atoms with Crippen LogP contribution in [0.25, 0.3) is 21.9 Å². The number of para-hydroxylation sites is 4. The molecule has 0 saturated carbocycles. The summed E-state index contributed by atoms with van der Waals surface area (Å²) >= 11 is 0. The molecule has 0 amide bonds. The normalized spacial score (nSPS) is 11.7. The maximum absolute atomic E-state index is 6.06. The van der Waals surface area contributed by atoms with Crippen molar-refractivity contribution < 1.29 is 8.83 Å². The fourth-order valence-electron chi connectivity index (χ4n) is 5.57. The molecule has 0 fully saturated rings. The van der Waals surface area contributed by atoms with E-state index in [1.807, 2.05) is 48.9 Å². The number of anilines is 6. The van der Waals surface area contributed by atoms with Crippen LogP contribution in [-0.2, 0) is 5.41 Å². The first kappa shape index (κ1) is 25.7. The van der Waals surface area contributed by atoms with Gasteiger partial charge in [0.15, 0.2) is 0 Å². The highest BCUT2D eigenvalue weighted by atomic mass is 16.3. The molecule has 4 nitrogen and oxygen atoms in total.